The molecule has 1 aliphatic carbocycles. The lowest BCUT2D eigenvalue weighted by Crippen LogP contribution is -2.68. The number of aliphatic carboxylic acids is 1. The third-order valence-corrected chi connectivity index (χ3v) is 15.5. The summed E-state index contributed by atoms with van der Waals surface area (Å²) in [4.78, 5) is 17.2. The Morgan fingerprint density at radius 3 is 2.02 bits per heavy atom. The van der Waals surface area contributed by atoms with Gasteiger partial charge in [0.25, 0.3) is 8.32 Å². The van der Waals surface area contributed by atoms with E-state index in [4.69, 9.17) is 13.9 Å². The Hall–Kier alpha value is -4.77. The van der Waals surface area contributed by atoms with Crippen LogP contribution < -0.4 is 10.4 Å². The van der Waals surface area contributed by atoms with E-state index in [0.29, 0.717) is 0 Å². The zero-order chi connectivity index (χ0) is 36.7. The zero-order valence-electron chi connectivity index (χ0n) is 29.6. The van der Waals surface area contributed by atoms with Gasteiger partial charge in [-0.15, -0.1) is 4.52 Å². The van der Waals surface area contributed by atoms with Crippen LogP contribution in [0.4, 0.5) is 4.39 Å². The molecule has 0 radical (unpaired) electrons. The number of carbonyl (C=O) groups is 1. The monoisotopic (exact) mass is 730 g/mol. The summed E-state index contributed by atoms with van der Waals surface area (Å²) in [5, 5.41) is 11.5. The molecule has 1 heterocycles. The van der Waals surface area contributed by atoms with E-state index in [1.807, 2.05) is 97.1 Å². The van der Waals surface area contributed by atoms with Crippen LogP contribution >= 0.6 is 8.03 Å². The van der Waals surface area contributed by atoms with Crippen molar-refractivity contribution in [2.75, 3.05) is 12.8 Å². The first-order valence-corrected chi connectivity index (χ1v) is 20.8. The van der Waals surface area contributed by atoms with Gasteiger partial charge in [0.15, 0.2) is 6.61 Å². The van der Waals surface area contributed by atoms with E-state index in [-0.39, 0.29) is 30.9 Å². The molecule has 6 nitrogen and oxygen atoms in total. The van der Waals surface area contributed by atoms with Gasteiger partial charge in [-0.25, -0.2) is 4.39 Å². The van der Waals surface area contributed by atoms with Crippen LogP contribution in [0.25, 0.3) is 22.4 Å². The van der Waals surface area contributed by atoms with Gasteiger partial charge in [0.05, 0.1) is 23.4 Å². The largest absolute Gasteiger partial charge is 0.511 e. The second-order valence-electron chi connectivity index (χ2n) is 14.1. The SMILES string of the molecule is CC(C)(C)[Si](O[C@@H](CC(=O)O)C[P+](=O)OCC#Cc1c(-c2ccc(F)cc2)cc(-c2ccccc2)nc1C1CC1)(c1ccccc1)c1ccccc1. The highest BCUT2D eigenvalue weighted by Gasteiger charge is 2.52. The van der Waals surface area contributed by atoms with Gasteiger partial charge in [-0.05, 0) is 56.6 Å². The molecule has 1 aromatic heterocycles. The van der Waals surface area contributed by atoms with Gasteiger partial charge >= 0.3 is 14.0 Å². The normalized spacial score (nSPS) is 13.9. The molecule has 0 bridgehead atoms. The van der Waals surface area contributed by atoms with Crippen molar-refractivity contribution in [3.05, 3.63) is 138 Å². The van der Waals surface area contributed by atoms with Crippen LogP contribution in [0, 0.1) is 17.7 Å². The molecule has 2 atom stereocenters. The maximum Gasteiger partial charge on any atom is 0.511 e. The minimum atomic E-state index is -3.12. The average molecular weight is 731 g/mol. The molecule has 5 aromatic rings. The molecule has 0 amide bonds. The Balaban J connectivity index is 1.27. The molecule has 0 spiro atoms. The van der Waals surface area contributed by atoms with Crippen molar-refractivity contribution in [2.24, 2.45) is 0 Å². The van der Waals surface area contributed by atoms with E-state index in [2.05, 4.69) is 32.6 Å². The van der Waals surface area contributed by atoms with Gasteiger partial charge in [-0.3, -0.25) is 9.78 Å². The number of nitrogens with zero attached hydrogens (tertiary/aromatic N) is 1. The van der Waals surface area contributed by atoms with Crippen molar-refractivity contribution in [3.8, 4) is 34.2 Å². The van der Waals surface area contributed by atoms with Crippen LogP contribution in [-0.4, -0.2) is 43.2 Å². The summed E-state index contributed by atoms with van der Waals surface area (Å²) in [5.41, 5.74) is 5.08. The number of hydrogen-bond donors (Lipinski definition) is 1. The fourth-order valence-corrected chi connectivity index (χ4v) is 12.4. The Morgan fingerprint density at radius 1 is 0.904 bits per heavy atom. The lowest BCUT2D eigenvalue weighted by atomic mass is 9.95. The quantitative estimate of drug-likeness (QED) is 0.0740. The van der Waals surface area contributed by atoms with Gasteiger partial charge in [0.1, 0.15) is 11.9 Å². The summed E-state index contributed by atoms with van der Waals surface area (Å²) in [6.07, 6.45) is 0.700. The smallest absolute Gasteiger partial charge is 0.481 e. The zero-order valence-corrected chi connectivity index (χ0v) is 31.5. The lowest BCUT2D eigenvalue weighted by Gasteiger charge is -2.44. The minimum absolute atomic E-state index is 0.102. The van der Waals surface area contributed by atoms with Crippen LogP contribution in [-0.2, 0) is 18.3 Å². The van der Waals surface area contributed by atoms with Crippen LogP contribution in [0.15, 0.2) is 121 Å². The van der Waals surface area contributed by atoms with E-state index < -0.39 is 33.5 Å². The number of carboxylic acids is 1. The van der Waals surface area contributed by atoms with Crippen molar-refractivity contribution in [1.29, 1.82) is 0 Å². The molecule has 52 heavy (non-hydrogen) atoms. The van der Waals surface area contributed by atoms with Gasteiger partial charge in [0, 0.05) is 17.0 Å². The number of pyridine rings is 1. The number of aromatic nitrogens is 1. The predicted octanol–water partition coefficient (Wildman–Crippen LogP) is 8.96. The molecule has 1 fully saturated rings. The Labute approximate surface area is 307 Å². The first-order valence-electron chi connectivity index (χ1n) is 17.5. The summed E-state index contributed by atoms with van der Waals surface area (Å²) in [7, 11) is -5.45. The molecule has 1 aliphatic rings. The van der Waals surface area contributed by atoms with Crippen LogP contribution in [0.5, 0.6) is 0 Å². The number of rotatable bonds is 13. The molecule has 6 rings (SSSR count). The molecule has 9 heteroatoms. The van der Waals surface area contributed by atoms with E-state index in [1.165, 1.54) is 12.1 Å². The number of halogens is 1. The molecule has 0 saturated heterocycles. The van der Waals surface area contributed by atoms with E-state index in [0.717, 1.165) is 56.9 Å². The van der Waals surface area contributed by atoms with Crippen molar-refractivity contribution >= 4 is 32.7 Å². The summed E-state index contributed by atoms with van der Waals surface area (Å²) >= 11 is 0. The van der Waals surface area contributed by atoms with Crippen LogP contribution in [0.2, 0.25) is 5.04 Å². The second-order valence-corrected chi connectivity index (χ2v) is 19.6. The lowest BCUT2D eigenvalue weighted by molar-refractivity contribution is -0.138. The molecule has 0 aliphatic heterocycles. The van der Waals surface area contributed by atoms with Crippen LogP contribution in [0.3, 0.4) is 0 Å². The first-order chi connectivity index (χ1) is 25.0. The molecular weight excluding hydrogens is 689 g/mol. The summed E-state index contributed by atoms with van der Waals surface area (Å²) in [6, 6.07) is 38.1. The Kier molecular flexibility index (Phi) is 11.6. The van der Waals surface area contributed by atoms with Gasteiger partial charge in [0.2, 0.25) is 6.16 Å². The van der Waals surface area contributed by atoms with Crippen LogP contribution in [0.1, 0.15) is 57.2 Å². The third-order valence-electron chi connectivity index (χ3n) is 9.25. The highest BCUT2D eigenvalue weighted by molar-refractivity contribution is 7.39. The Bertz CT molecular complexity index is 2030. The van der Waals surface area contributed by atoms with Crippen molar-refractivity contribution in [1.82, 2.24) is 4.98 Å². The predicted molar refractivity (Wildman–Crippen MR) is 207 cm³/mol. The first kappa shape index (κ1) is 37.0. The summed E-state index contributed by atoms with van der Waals surface area (Å²) in [6.45, 7) is 6.20. The fraction of sp³-hybridized carbons (Fsp3) is 0.256. The van der Waals surface area contributed by atoms with Gasteiger partial charge in [-0.2, -0.15) is 0 Å². The van der Waals surface area contributed by atoms with Gasteiger partial charge < -0.3 is 9.53 Å². The van der Waals surface area contributed by atoms with E-state index in [9.17, 15) is 18.9 Å². The Morgan fingerprint density at radius 2 is 1.48 bits per heavy atom. The fourth-order valence-electron chi connectivity index (χ4n) is 6.69. The number of benzene rings is 4. The highest BCUT2D eigenvalue weighted by Crippen LogP contribution is 2.44. The molecule has 264 valence electrons. The maximum absolute atomic E-state index is 13.9. The number of carboxylic acid groups (broad SMARTS) is 1. The number of hydrogen-bond acceptors (Lipinski definition) is 5. The summed E-state index contributed by atoms with van der Waals surface area (Å²) < 4.78 is 40.3. The molecular formula is C43H42FNO5PSi+. The van der Waals surface area contributed by atoms with Gasteiger partial charge in [-0.1, -0.05) is 136 Å². The topological polar surface area (TPSA) is 85.7 Å². The third kappa shape index (κ3) is 8.63. The molecule has 4 aromatic carbocycles. The standard InChI is InChI=1S/C43H41FNO5PSi/c1-43(2,3)52(36-16-9-5-10-17-36,37-18-11-6-12-19-37)50-35(28-41(46)47)30-51(48)49-27-13-20-38-39(31-23-25-34(44)26-24-31)29-40(32-14-7-4-8-15-32)45-42(38)33-21-22-33/h4-12,14-19,23-26,29,33,35H,21-22,27-28,30H2,1-3H3/p+1/t35-/m0/s1. The summed E-state index contributed by atoms with van der Waals surface area (Å²) in [5.74, 6) is 5.21. The molecule has 1 unspecified atom stereocenters. The molecule has 1 N–H and O–H groups in total. The van der Waals surface area contributed by atoms with E-state index in [1.54, 1.807) is 12.1 Å². The second kappa shape index (κ2) is 16.3. The maximum atomic E-state index is 13.9. The average Bonchev–Trinajstić information content (AvgIpc) is 3.99. The minimum Gasteiger partial charge on any atom is -0.481 e. The highest BCUT2D eigenvalue weighted by atomic mass is 31.1. The molecule has 1 saturated carbocycles. The van der Waals surface area contributed by atoms with Crippen molar-refractivity contribution in [2.45, 2.75) is 57.1 Å². The van der Waals surface area contributed by atoms with Crippen molar-refractivity contribution in [3.63, 3.8) is 0 Å². The van der Waals surface area contributed by atoms with Crippen molar-refractivity contribution < 1.29 is 27.8 Å². The van der Waals surface area contributed by atoms with E-state index >= 15 is 0 Å².